The van der Waals surface area contributed by atoms with E-state index in [9.17, 15) is 37.8 Å². The van der Waals surface area contributed by atoms with Crippen LogP contribution in [0.4, 0.5) is 13.2 Å². The van der Waals surface area contributed by atoms with Crippen molar-refractivity contribution in [2.24, 2.45) is 5.92 Å². The molecule has 8 nitrogen and oxygen atoms in total. The second kappa shape index (κ2) is 11.8. The van der Waals surface area contributed by atoms with Crippen molar-refractivity contribution in [1.82, 2.24) is 14.8 Å². The number of likely N-dealkylation sites (tertiary alicyclic amines) is 2. The molecule has 216 valence electrons. The third-order valence-electron chi connectivity index (χ3n) is 8.30. The van der Waals surface area contributed by atoms with Crippen molar-refractivity contribution in [2.45, 2.75) is 37.6 Å². The van der Waals surface area contributed by atoms with Crippen LogP contribution in [0.5, 0.6) is 0 Å². The number of aliphatic carboxylic acids is 1. The van der Waals surface area contributed by atoms with Crippen LogP contribution in [-0.2, 0) is 9.59 Å². The van der Waals surface area contributed by atoms with Crippen LogP contribution in [0.2, 0.25) is 0 Å². The summed E-state index contributed by atoms with van der Waals surface area (Å²) in [5.74, 6) is -6.47. The van der Waals surface area contributed by atoms with Gasteiger partial charge in [0, 0.05) is 36.3 Å². The smallest absolute Gasteiger partial charge is 0.335 e. The number of aromatic amines is 1. The average molecular weight is 570 g/mol. The molecule has 1 amide bonds. The molecule has 2 aliphatic heterocycles. The van der Waals surface area contributed by atoms with E-state index in [1.165, 1.54) is 12.2 Å². The molecule has 3 heterocycles. The number of rotatable bonds is 7. The fraction of sp³-hybridized carbons (Fsp3) is 0.367. The molecular formula is C30H30F3N3O5. The van der Waals surface area contributed by atoms with Crippen molar-refractivity contribution in [3.63, 3.8) is 0 Å². The number of hydrogen-bond acceptors (Lipinski definition) is 4. The lowest BCUT2D eigenvalue weighted by Crippen LogP contribution is -2.52. The lowest BCUT2D eigenvalue weighted by atomic mass is 9.84. The monoisotopic (exact) mass is 569 g/mol. The quantitative estimate of drug-likeness (QED) is 0.277. The van der Waals surface area contributed by atoms with E-state index >= 15 is 0 Å². The lowest BCUT2D eigenvalue weighted by Gasteiger charge is -2.41. The summed E-state index contributed by atoms with van der Waals surface area (Å²) in [5.41, 5.74) is 2.15. The Morgan fingerprint density at radius 2 is 1.59 bits per heavy atom. The van der Waals surface area contributed by atoms with Gasteiger partial charge in [0.2, 0.25) is 5.91 Å². The second-order valence-electron chi connectivity index (χ2n) is 10.7. The molecule has 1 unspecified atom stereocenters. The zero-order chi connectivity index (χ0) is 29.3. The minimum Gasteiger partial charge on any atom is -0.480 e. The van der Waals surface area contributed by atoms with Crippen molar-refractivity contribution < 1.29 is 37.8 Å². The van der Waals surface area contributed by atoms with Gasteiger partial charge in [-0.15, -0.1) is 0 Å². The van der Waals surface area contributed by atoms with E-state index in [2.05, 4.69) is 4.98 Å². The summed E-state index contributed by atoms with van der Waals surface area (Å²) in [7, 11) is 0. The summed E-state index contributed by atoms with van der Waals surface area (Å²) < 4.78 is 40.0. The number of fused-ring (bicyclic) bond motifs is 1. The third kappa shape index (κ3) is 6.00. The van der Waals surface area contributed by atoms with E-state index in [-0.39, 0.29) is 28.9 Å². The summed E-state index contributed by atoms with van der Waals surface area (Å²) in [5, 5.41) is 20.4. The molecule has 3 aromatic rings. The first-order chi connectivity index (χ1) is 19.6. The number of aromatic nitrogens is 1. The van der Waals surface area contributed by atoms with Crippen molar-refractivity contribution in [3.8, 4) is 0 Å². The Balaban J connectivity index is 1.18. The summed E-state index contributed by atoms with van der Waals surface area (Å²) >= 11 is 0. The third-order valence-corrected chi connectivity index (χ3v) is 8.30. The molecule has 11 heteroatoms. The van der Waals surface area contributed by atoms with Crippen LogP contribution in [0.25, 0.3) is 17.0 Å². The second-order valence-corrected chi connectivity index (χ2v) is 10.7. The normalized spacial score (nSPS) is 18.3. The van der Waals surface area contributed by atoms with Gasteiger partial charge in [-0.25, -0.2) is 18.0 Å². The Hall–Kier alpha value is -4.12. The Morgan fingerprint density at radius 1 is 0.927 bits per heavy atom. The van der Waals surface area contributed by atoms with Gasteiger partial charge in [-0.05, 0) is 98.1 Å². The van der Waals surface area contributed by atoms with E-state index in [0.29, 0.717) is 39.0 Å². The zero-order valence-corrected chi connectivity index (χ0v) is 22.2. The fourth-order valence-electron chi connectivity index (χ4n) is 6.14. The zero-order valence-electron chi connectivity index (χ0n) is 22.2. The molecule has 2 aromatic carbocycles. The first kappa shape index (κ1) is 28.4. The van der Waals surface area contributed by atoms with Crippen LogP contribution in [0, 0.1) is 23.4 Å². The molecule has 0 radical (unpaired) electrons. The van der Waals surface area contributed by atoms with Gasteiger partial charge in [0.1, 0.15) is 6.04 Å². The number of benzene rings is 2. The fourth-order valence-corrected chi connectivity index (χ4v) is 6.14. The number of carboxylic acid groups (broad SMARTS) is 2. The SMILES string of the molecule is O=C(O)c1ccc2[nH]cc(C3CCN(C(C(=O)O)C4CCN(C(=O)/C=C/c5cc(F)c(F)c(F)c5)CC4)CC3)c2c1. The average Bonchev–Trinajstić information content (AvgIpc) is 3.38. The summed E-state index contributed by atoms with van der Waals surface area (Å²) in [4.78, 5) is 43.2. The van der Waals surface area contributed by atoms with Gasteiger partial charge < -0.3 is 20.1 Å². The van der Waals surface area contributed by atoms with Crippen molar-refractivity contribution in [2.75, 3.05) is 26.2 Å². The number of halogens is 3. The maximum Gasteiger partial charge on any atom is 0.335 e. The molecule has 1 aromatic heterocycles. The van der Waals surface area contributed by atoms with Gasteiger partial charge in [0.25, 0.3) is 0 Å². The molecule has 2 aliphatic rings. The molecule has 41 heavy (non-hydrogen) atoms. The van der Waals surface area contributed by atoms with Gasteiger partial charge in [-0.3, -0.25) is 14.5 Å². The lowest BCUT2D eigenvalue weighted by molar-refractivity contribution is -0.147. The Morgan fingerprint density at radius 3 is 2.20 bits per heavy atom. The van der Waals surface area contributed by atoms with Gasteiger partial charge in [0.15, 0.2) is 17.5 Å². The highest BCUT2D eigenvalue weighted by Gasteiger charge is 2.38. The van der Waals surface area contributed by atoms with E-state index in [4.69, 9.17) is 0 Å². The predicted molar refractivity (Wildman–Crippen MR) is 145 cm³/mol. The van der Waals surface area contributed by atoms with Crippen LogP contribution in [0.3, 0.4) is 0 Å². The van der Waals surface area contributed by atoms with Gasteiger partial charge in [-0.1, -0.05) is 0 Å². The summed E-state index contributed by atoms with van der Waals surface area (Å²) in [6.07, 6.45) is 6.78. The minimum absolute atomic E-state index is 0.0222. The van der Waals surface area contributed by atoms with Crippen LogP contribution in [-0.4, -0.2) is 75.1 Å². The maximum absolute atomic E-state index is 13.4. The molecular weight excluding hydrogens is 539 g/mol. The van der Waals surface area contributed by atoms with E-state index < -0.39 is 35.4 Å². The first-order valence-corrected chi connectivity index (χ1v) is 13.5. The molecule has 3 N–H and O–H groups in total. The van der Waals surface area contributed by atoms with Crippen LogP contribution in [0.15, 0.2) is 42.6 Å². The highest BCUT2D eigenvalue weighted by atomic mass is 19.2. The molecule has 0 spiro atoms. The number of carbonyl (C=O) groups excluding carboxylic acids is 1. The highest BCUT2D eigenvalue weighted by Crippen LogP contribution is 2.36. The number of hydrogen-bond donors (Lipinski definition) is 3. The number of nitrogens with one attached hydrogen (secondary N) is 1. The predicted octanol–water partition coefficient (Wildman–Crippen LogP) is 4.87. The molecule has 0 aliphatic carbocycles. The first-order valence-electron chi connectivity index (χ1n) is 13.5. The summed E-state index contributed by atoms with van der Waals surface area (Å²) in [6, 6.07) is 5.93. The van der Waals surface area contributed by atoms with Crippen molar-refractivity contribution in [3.05, 3.63) is 76.7 Å². The highest BCUT2D eigenvalue weighted by molar-refractivity contribution is 5.95. The number of aromatic carboxylic acids is 1. The number of piperidine rings is 2. The minimum atomic E-state index is -1.57. The van der Waals surface area contributed by atoms with E-state index in [1.54, 1.807) is 23.1 Å². The largest absolute Gasteiger partial charge is 0.480 e. The Labute approximate surface area is 234 Å². The molecule has 5 rings (SSSR count). The Kier molecular flexibility index (Phi) is 8.16. The number of amides is 1. The number of carbonyl (C=O) groups is 3. The number of H-pyrrole nitrogens is 1. The van der Waals surface area contributed by atoms with Gasteiger partial charge >= 0.3 is 11.9 Å². The van der Waals surface area contributed by atoms with Gasteiger partial charge in [-0.2, -0.15) is 0 Å². The van der Waals surface area contributed by atoms with Crippen molar-refractivity contribution in [1.29, 1.82) is 0 Å². The topological polar surface area (TPSA) is 114 Å². The standard InChI is InChI=1S/C30H30F3N3O5/c31-23-13-17(14-24(32)27(23)33)1-4-26(37)35-9-7-19(8-10-35)28(30(40)41)36-11-5-18(6-12-36)22-16-34-25-3-2-20(29(38)39)15-21(22)25/h1-4,13-16,18-19,28,34H,5-12H2,(H,38,39)(H,40,41)/b4-1+. The number of carboxylic acids is 2. The molecule has 0 saturated carbocycles. The van der Waals surface area contributed by atoms with Crippen LogP contribution >= 0.6 is 0 Å². The van der Waals surface area contributed by atoms with Crippen LogP contribution in [0.1, 0.15) is 53.1 Å². The number of nitrogens with zero attached hydrogens (tertiary/aromatic N) is 2. The van der Waals surface area contributed by atoms with E-state index in [1.807, 2.05) is 11.1 Å². The molecule has 0 bridgehead atoms. The Bertz CT molecular complexity index is 1480. The van der Waals surface area contributed by atoms with E-state index in [0.717, 1.165) is 41.4 Å². The van der Waals surface area contributed by atoms with Gasteiger partial charge in [0.05, 0.1) is 5.56 Å². The molecule has 2 fully saturated rings. The van der Waals surface area contributed by atoms with Crippen molar-refractivity contribution >= 4 is 34.8 Å². The van der Waals surface area contributed by atoms with Crippen LogP contribution < -0.4 is 0 Å². The molecule has 2 saturated heterocycles. The molecule has 1 atom stereocenters. The summed E-state index contributed by atoms with van der Waals surface area (Å²) in [6.45, 7) is 1.86. The maximum atomic E-state index is 13.4.